The molecule has 0 spiro atoms. The van der Waals surface area contributed by atoms with Gasteiger partial charge in [-0.05, 0) is 49.3 Å². The monoisotopic (exact) mass is 312 g/mol. The molecule has 1 aromatic heterocycles. The summed E-state index contributed by atoms with van der Waals surface area (Å²) in [6, 6.07) is 6.41. The summed E-state index contributed by atoms with van der Waals surface area (Å²) in [6.45, 7) is 4.08. The molecular weight excluding hydrogens is 284 g/mol. The van der Waals surface area contributed by atoms with Crippen molar-refractivity contribution >= 4 is 16.9 Å². The molecule has 1 aliphatic carbocycles. The molecule has 0 atom stereocenters. The maximum Gasteiger partial charge on any atom is 0.190 e. The number of aromatic nitrogens is 1. The summed E-state index contributed by atoms with van der Waals surface area (Å²) in [5.41, 5.74) is 3.93. The quantitative estimate of drug-likeness (QED) is 0.417. The predicted octanol–water partition coefficient (Wildman–Crippen LogP) is 3.37. The molecule has 1 heterocycles. The standard InChI is InChI=1S/C19H28N4/c1-14-5-3-7-17-18(14)16(13-23-17)10-12-22-19(20-2)21-11-4-6-15-8-9-15/h3,5,7,13,15,23H,4,6,8-12H2,1-2H3,(H2,20,21,22). The van der Waals surface area contributed by atoms with Crippen LogP contribution in [0.5, 0.6) is 0 Å². The van der Waals surface area contributed by atoms with E-state index in [1.165, 1.54) is 47.7 Å². The van der Waals surface area contributed by atoms with Gasteiger partial charge in [-0.3, -0.25) is 4.99 Å². The minimum atomic E-state index is 0.892. The van der Waals surface area contributed by atoms with Gasteiger partial charge in [0.05, 0.1) is 0 Å². The number of rotatable bonds is 7. The predicted molar refractivity (Wildman–Crippen MR) is 98.1 cm³/mol. The summed E-state index contributed by atoms with van der Waals surface area (Å²) in [5, 5.41) is 8.20. The van der Waals surface area contributed by atoms with Crippen molar-refractivity contribution < 1.29 is 0 Å². The van der Waals surface area contributed by atoms with Crippen molar-refractivity contribution in [1.82, 2.24) is 15.6 Å². The topological polar surface area (TPSA) is 52.2 Å². The fraction of sp³-hybridized carbons (Fsp3) is 0.526. The largest absolute Gasteiger partial charge is 0.361 e. The molecule has 0 radical (unpaired) electrons. The number of hydrogen-bond acceptors (Lipinski definition) is 1. The molecule has 0 saturated heterocycles. The lowest BCUT2D eigenvalue weighted by atomic mass is 10.1. The zero-order valence-electron chi connectivity index (χ0n) is 14.3. The molecule has 4 nitrogen and oxygen atoms in total. The average Bonchev–Trinajstić information content (AvgIpc) is 3.29. The second kappa shape index (κ2) is 7.53. The van der Waals surface area contributed by atoms with Crippen LogP contribution in [0, 0.1) is 12.8 Å². The Labute approximate surface area is 138 Å². The summed E-state index contributed by atoms with van der Waals surface area (Å²) in [5.74, 6) is 1.93. The molecule has 1 fully saturated rings. The molecule has 0 aliphatic heterocycles. The lowest BCUT2D eigenvalue weighted by molar-refractivity contribution is 0.644. The molecule has 3 N–H and O–H groups in total. The molecule has 3 rings (SSSR count). The number of aromatic amines is 1. The van der Waals surface area contributed by atoms with E-state index in [2.05, 4.69) is 51.9 Å². The zero-order valence-corrected chi connectivity index (χ0v) is 14.3. The first-order valence-corrected chi connectivity index (χ1v) is 8.78. The number of hydrogen-bond donors (Lipinski definition) is 3. The zero-order chi connectivity index (χ0) is 16.1. The number of nitrogens with one attached hydrogen (secondary N) is 3. The Morgan fingerprint density at radius 2 is 2.09 bits per heavy atom. The van der Waals surface area contributed by atoms with Crippen LogP contribution in [-0.4, -0.2) is 31.1 Å². The minimum absolute atomic E-state index is 0.892. The van der Waals surface area contributed by atoms with Crippen LogP contribution in [0.3, 0.4) is 0 Å². The minimum Gasteiger partial charge on any atom is -0.361 e. The molecular formula is C19H28N4. The molecule has 0 amide bonds. The van der Waals surface area contributed by atoms with Gasteiger partial charge in [-0.25, -0.2) is 0 Å². The number of H-pyrrole nitrogens is 1. The normalized spacial score (nSPS) is 15.1. The lowest BCUT2D eigenvalue weighted by Gasteiger charge is -2.11. The number of guanidine groups is 1. The molecule has 23 heavy (non-hydrogen) atoms. The third-order valence-corrected chi connectivity index (χ3v) is 4.68. The van der Waals surface area contributed by atoms with Gasteiger partial charge < -0.3 is 15.6 Å². The Morgan fingerprint density at radius 3 is 2.87 bits per heavy atom. The van der Waals surface area contributed by atoms with Crippen LogP contribution in [0.25, 0.3) is 10.9 Å². The summed E-state index contributed by atoms with van der Waals surface area (Å²) in [6.07, 6.45) is 8.61. The lowest BCUT2D eigenvalue weighted by Crippen LogP contribution is -2.38. The van der Waals surface area contributed by atoms with Crippen LogP contribution >= 0.6 is 0 Å². The molecule has 1 aliphatic rings. The van der Waals surface area contributed by atoms with Crippen LogP contribution < -0.4 is 10.6 Å². The van der Waals surface area contributed by atoms with Crippen LogP contribution in [0.15, 0.2) is 29.4 Å². The van der Waals surface area contributed by atoms with Gasteiger partial charge in [-0.15, -0.1) is 0 Å². The highest BCUT2D eigenvalue weighted by molar-refractivity contribution is 5.86. The Hall–Kier alpha value is -1.97. The van der Waals surface area contributed by atoms with E-state index < -0.39 is 0 Å². The van der Waals surface area contributed by atoms with Crippen molar-refractivity contribution in [2.24, 2.45) is 10.9 Å². The first-order valence-electron chi connectivity index (χ1n) is 8.78. The second-order valence-corrected chi connectivity index (χ2v) is 6.57. The Morgan fingerprint density at radius 1 is 1.26 bits per heavy atom. The average molecular weight is 312 g/mol. The third kappa shape index (κ3) is 4.27. The van der Waals surface area contributed by atoms with Crippen LogP contribution in [0.2, 0.25) is 0 Å². The van der Waals surface area contributed by atoms with Gasteiger partial charge in [0.25, 0.3) is 0 Å². The number of nitrogens with zero attached hydrogens (tertiary/aromatic N) is 1. The van der Waals surface area contributed by atoms with E-state index in [1.54, 1.807) is 0 Å². The third-order valence-electron chi connectivity index (χ3n) is 4.68. The fourth-order valence-corrected chi connectivity index (χ4v) is 3.19. The smallest absolute Gasteiger partial charge is 0.190 e. The fourth-order valence-electron chi connectivity index (χ4n) is 3.19. The summed E-state index contributed by atoms with van der Waals surface area (Å²) >= 11 is 0. The summed E-state index contributed by atoms with van der Waals surface area (Å²) in [7, 11) is 1.84. The van der Waals surface area contributed by atoms with E-state index in [-0.39, 0.29) is 0 Å². The van der Waals surface area contributed by atoms with Crippen molar-refractivity contribution in [2.45, 2.75) is 39.0 Å². The number of aryl methyl sites for hydroxylation is 1. The molecule has 1 saturated carbocycles. The highest BCUT2D eigenvalue weighted by atomic mass is 15.2. The van der Waals surface area contributed by atoms with Gasteiger partial charge in [0.2, 0.25) is 0 Å². The van der Waals surface area contributed by atoms with Crippen molar-refractivity contribution in [3.8, 4) is 0 Å². The number of benzene rings is 1. The van der Waals surface area contributed by atoms with Crippen LogP contribution in [0.1, 0.15) is 36.8 Å². The van der Waals surface area contributed by atoms with E-state index in [0.29, 0.717) is 0 Å². The maximum atomic E-state index is 4.31. The highest BCUT2D eigenvalue weighted by Gasteiger charge is 2.19. The van der Waals surface area contributed by atoms with Gasteiger partial charge in [-0.1, -0.05) is 25.0 Å². The van der Waals surface area contributed by atoms with Gasteiger partial charge in [0, 0.05) is 37.2 Å². The summed E-state index contributed by atoms with van der Waals surface area (Å²) < 4.78 is 0. The van der Waals surface area contributed by atoms with E-state index in [0.717, 1.165) is 31.4 Å². The molecule has 124 valence electrons. The SMILES string of the molecule is CN=C(NCCCC1CC1)NCCc1c[nH]c2cccc(C)c12. The van der Waals surface area contributed by atoms with Crippen molar-refractivity contribution in [3.63, 3.8) is 0 Å². The van der Waals surface area contributed by atoms with Gasteiger partial charge >= 0.3 is 0 Å². The van der Waals surface area contributed by atoms with Gasteiger partial charge in [0.15, 0.2) is 5.96 Å². The number of fused-ring (bicyclic) bond motifs is 1. The van der Waals surface area contributed by atoms with E-state index >= 15 is 0 Å². The first-order chi connectivity index (χ1) is 11.3. The molecule has 0 bridgehead atoms. The van der Waals surface area contributed by atoms with Gasteiger partial charge in [-0.2, -0.15) is 0 Å². The Kier molecular flexibility index (Phi) is 5.21. The maximum absolute atomic E-state index is 4.31. The van der Waals surface area contributed by atoms with Crippen molar-refractivity contribution in [1.29, 1.82) is 0 Å². The van der Waals surface area contributed by atoms with E-state index in [9.17, 15) is 0 Å². The summed E-state index contributed by atoms with van der Waals surface area (Å²) in [4.78, 5) is 7.67. The first kappa shape index (κ1) is 15.9. The Balaban J connectivity index is 1.45. The van der Waals surface area contributed by atoms with Crippen LogP contribution in [0.4, 0.5) is 0 Å². The Bertz CT molecular complexity index is 667. The molecule has 2 aromatic rings. The van der Waals surface area contributed by atoms with Gasteiger partial charge in [0.1, 0.15) is 0 Å². The number of aliphatic imine (C=N–C) groups is 1. The van der Waals surface area contributed by atoms with Crippen molar-refractivity contribution in [2.75, 3.05) is 20.1 Å². The van der Waals surface area contributed by atoms with Crippen LogP contribution in [-0.2, 0) is 6.42 Å². The highest BCUT2D eigenvalue weighted by Crippen LogP contribution is 2.33. The van der Waals surface area contributed by atoms with E-state index in [1.807, 2.05) is 7.05 Å². The van der Waals surface area contributed by atoms with E-state index in [4.69, 9.17) is 0 Å². The second-order valence-electron chi connectivity index (χ2n) is 6.57. The molecule has 0 unspecified atom stereocenters. The molecule has 1 aromatic carbocycles. The van der Waals surface area contributed by atoms with Crippen molar-refractivity contribution in [3.05, 3.63) is 35.5 Å². The molecule has 4 heteroatoms.